The lowest BCUT2D eigenvalue weighted by Gasteiger charge is -2.28. The van der Waals surface area contributed by atoms with Crippen molar-refractivity contribution in [2.24, 2.45) is 0 Å². The number of hydrogen-bond donors (Lipinski definition) is 0. The maximum Gasteiger partial charge on any atom is 0.290 e. The largest absolute Gasteiger partial charge is 0.493 e. The summed E-state index contributed by atoms with van der Waals surface area (Å²) in [4.78, 5) is 31.4. The smallest absolute Gasteiger partial charge is 0.290 e. The highest BCUT2D eigenvalue weighted by molar-refractivity contribution is 5.99. The number of fused-ring (bicyclic) bond motifs is 2. The Bertz CT molecular complexity index is 1260. The molecule has 1 aliphatic heterocycles. The summed E-state index contributed by atoms with van der Waals surface area (Å²) in [7, 11) is 3.15. The number of ether oxygens (including phenoxy) is 2. The number of hydrogen-bond acceptors (Lipinski definition) is 6. The molecule has 1 aliphatic rings. The molecular weight excluding hydrogens is 432 g/mol. The molecule has 0 radical (unpaired) electrons. The molecule has 0 aliphatic carbocycles. The van der Waals surface area contributed by atoms with Gasteiger partial charge < -0.3 is 23.7 Å². The minimum absolute atomic E-state index is 0.126. The topological polar surface area (TPSA) is 72.2 Å². The standard InChI is InChI=1S/C27H32N2O5/c1-6-17-9-11-20-19(15-17)25(30)23-24(18-10-12-21(32-4)22(16-18)33-5)29(27(31)26(23)34-20)14-13-28(7-2)8-3/h9-12,15-16,24H,6-8,13-14H2,1-5H3. The van der Waals surface area contributed by atoms with Crippen molar-refractivity contribution in [2.45, 2.75) is 33.2 Å². The molecule has 0 N–H and O–H groups in total. The summed E-state index contributed by atoms with van der Waals surface area (Å²) in [5.41, 5.74) is 2.49. The summed E-state index contributed by atoms with van der Waals surface area (Å²) in [6, 6.07) is 10.5. The third kappa shape index (κ3) is 4.05. The van der Waals surface area contributed by atoms with E-state index < -0.39 is 6.04 Å². The van der Waals surface area contributed by atoms with Gasteiger partial charge in [-0.1, -0.05) is 32.9 Å². The van der Waals surface area contributed by atoms with Crippen molar-refractivity contribution in [2.75, 3.05) is 40.4 Å². The minimum atomic E-state index is -0.566. The average molecular weight is 465 g/mol. The van der Waals surface area contributed by atoms with Crippen molar-refractivity contribution in [1.82, 2.24) is 9.80 Å². The van der Waals surface area contributed by atoms with Crippen LogP contribution in [-0.4, -0.2) is 56.1 Å². The SMILES string of the molecule is CCc1ccc2oc3c(c(=O)c2c1)C(c1ccc(OC)c(OC)c1)N(CCN(CC)CC)C3=O. The number of carbonyl (C=O) groups is 1. The molecule has 3 aromatic rings. The molecule has 180 valence electrons. The first-order valence-electron chi connectivity index (χ1n) is 11.8. The summed E-state index contributed by atoms with van der Waals surface area (Å²) < 4.78 is 17.0. The van der Waals surface area contributed by atoms with Crippen molar-refractivity contribution in [3.8, 4) is 11.5 Å². The zero-order valence-corrected chi connectivity index (χ0v) is 20.5. The van der Waals surface area contributed by atoms with Gasteiger partial charge in [-0.3, -0.25) is 9.59 Å². The molecule has 7 nitrogen and oxygen atoms in total. The molecule has 1 aromatic heterocycles. The lowest BCUT2D eigenvalue weighted by atomic mass is 9.97. The first-order chi connectivity index (χ1) is 16.5. The predicted octanol–water partition coefficient (Wildman–Crippen LogP) is 4.26. The van der Waals surface area contributed by atoms with Crippen LogP contribution in [0, 0.1) is 0 Å². The number of likely N-dealkylation sites (N-methyl/N-ethyl adjacent to an activating group) is 1. The fourth-order valence-electron chi connectivity index (χ4n) is 4.68. The molecule has 1 atom stereocenters. The van der Waals surface area contributed by atoms with Gasteiger partial charge in [-0.2, -0.15) is 0 Å². The van der Waals surface area contributed by atoms with Gasteiger partial charge in [0.05, 0.1) is 31.2 Å². The Morgan fingerprint density at radius 2 is 1.71 bits per heavy atom. The Kier molecular flexibility index (Phi) is 6.93. The van der Waals surface area contributed by atoms with Crippen LogP contribution in [0.2, 0.25) is 0 Å². The van der Waals surface area contributed by atoms with Crippen LogP contribution in [0.1, 0.15) is 54.1 Å². The maximum absolute atomic E-state index is 13.8. The first-order valence-corrected chi connectivity index (χ1v) is 11.8. The van der Waals surface area contributed by atoms with Crippen LogP contribution >= 0.6 is 0 Å². The number of amides is 1. The van der Waals surface area contributed by atoms with Crippen molar-refractivity contribution in [3.63, 3.8) is 0 Å². The molecule has 2 heterocycles. The van der Waals surface area contributed by atoms with E-state index in [4.69, 9.17) is 13.9 Å². The van der Waals surface area contributed by atoms with Crippen LogP contribution in [0.15, 0.2) is 45.6 Å². The second kappa shape index (κ2) is 9.89. The van der Waals surface area contributed by atoms with E-state index in [0.29, 0.717) is 41.1 Å². The van der Waals surface area contributed by atoms with E-state index in [1.807, 2.05) is 31.2 Å². The molecule has 0 saturated heterocycles. The number of benzene rings is 2. The van der Waals surface area contributed by atoms with Crippen LogP contribution in [0.25, 0.3) is 11.0 Å². The van der Waals surface area contributed by atoms with E-state index in [1.54, 1.807) is 31.3 Å². The van der Waals surface area contributed by atoms with Gasteiger partial charge in [-0.25, -0.2) is 0 Å². The van der Waals surface area contributed by atoms with Gasteiger partial charge >= 0.3 is 0 Å². The van der Waals surface area contributed by atoms with Gasteiger partial charge in [0.1, 0.15) is 5.58 Å². The zero-order chi connectivity index (χ0) is 24.4. The van der Waals surface area contributed by atoms with Crippen molar-refractivity contribution in [3.05, 3.63) is 69.1 Å². The summed E-state index contributed by atoms with van der Waals surface area (Å²) >= 11 is 0. The minimum Gasteiger partial charge on any atom is -0.493 e. The number of nitrogens with zero attached hydrogens (tertiary/aromatic N) is 2. The lowest BCUT2D eigenvalue weighted by Crippen LogP contribution is -2.37. The quantitative estimate of drug-likeness (QED) is 0.471. The Hall–Kier alpha value is -3.32. The fourth-order valence-corrected chi connectivity index (χ4v) is 4.68. The number of rotatable bonds is 9. The summed E-state index contributed by atoms with van der Waals surface area (Å²) in [6.45, 7) is 9.17. The fraction of sp³-hybridized carbons (Fsp3) is 0.407. The third-order valence-electron chi connectivity index (χ3n) is 6.71. The van der Waals surface area contributed by atoms with E-state index in [0.717, 1.165) is 30.6 Å². The molecule has 1 unspecified atom stereocenters. The van der Waals surface area contributed by atoms with Gasteiger partial charge in [-0.15, -0.1) is 0 Å². The molecule has 0 saturated carbocycles. The average Bonchev–Trinajstić information content (AvgIpc) is 3.15. The molecule has 0 bridgehead atoms. The van der Waals surface area contributed by atoms with Gasteiger partial charge in [-0.05, 0) is 54.9 Å². The second-order valence-electron chi connectivity index (χ2n) is 8.40. The highest BCUT2D eigenvalue weighted by Gasteiger charge is 2.43. The number of carbonyl (C=O) groups excluding carboxylic acids is 1. The van der Waals surface area contributed by atoms with Gasteiger partial charge in [0.15, 0.2) is 16.9 Å². The summed E-state index contributed by atoms with van der Waals surface area (Å²) in [5, 5.41) is 0.502. The van der Waals surface area contributed by atoms with Crippen molar-refractivity contribution < 1.29 is 18.7 Å². The van der Waals surface area contributed by atoms with E-state index in [2.05, 4.69) is 18.7 Å². The molecule has 0 spiro atoms. The molecule has 0 fully saturated rings. The molecule has 34 heavy (non-hydrogen) atoms. The first kappa shape index (κ1) is 23.8. The maximum atomic E-state index is 13.8. The zero-order valence-electron chi connectivity index (χ0n) is 20.5. The van der Waals surface area contributed by atoms with Crippen LogP contribution < -0.4 is 14.9 Å². The highest BCUT2D eigenvalue weighted by atomic mass is 16.5. The Morgan fingerprint density at radius 1 is 0.971 bits per heavy atom. The van der Waals surface area contributed by atoms with E-state index in [-0.39, 0.29) is 17.1 Å². The Labute approximate surface area is 199 Å². The van der Waals surface area contributed by atoms with Crippen molar-refractivity contribution >= 4 is 16.9 Å². The molecule has 7 heteroatoms. The monoisotopic (exact) mass is 464 g/mol. The lowest BCUT2D eigenvalue weighted by molar-refractivity contribution is 0.0708. The third-order valence-corrected chi connectivity index (χ3v) is 6.71. The number of methoxy groups -OCH3 is 2. The second-order valence-corrected chi connectivity index (χ2v) is 8.40. The van der Waals surface area contributed by atoms with E-state index in [9.17, 15) is 9.59 Å². The van der Waals surface area contributed by atoms with Crippen LogP contribution in [0.4, 0.5) is 0 Å². The van der Waals surface area contributed by atoms with Crippen LogP contribution in [0.3, 0.4) is 0 Å². The summed E-state index contributed by atoms with van der Waals surface area (Å²) in [5.74, 6) is 0.994. The Balaban J connectivity index is 1.90. The normalized spacial score (nSPS) is 15.3. The van der Waals surface area contributed by atoms with E-state index in [1.165, 1.54) is 0 Å². The number of aryl methyl sites for hydroxylation is 1. The van der Waals surface area contributed by atoms with Gasteiger partial charge in [0.25, 0.3) is 5.91 Å². The van der Waals surface area contributed by atoms with Gasteiger partial charge in [0, 0.05) is 13.1 Å². The Morgan fingerprint density at radius 3 is 2.35 bits per heavy atom. The van der Waals surface area contributed by atoms with Crippen molar-refractivity contribution in [1.29, 1.82) is 0 Å². The highest BCUT2D eigenvalue weighted by Crippen LogP contribution is 2.40. The summed E-state index contributed by atoms with van der Waals surface area (Å²) in [6.07, 6.45) is 0.806. The van der Waals surface area contributed by atoms with E-state index >= 15 is 0 Å². The molecule has 2 aromatic carbocycles. The predicted molar refractivity (Wildman–Crippen MR) is 132 cm³/mol. The molecule has 4 rings (SSSR count). The molecular formula is C27H32N2O5. The van der Waals surface area contributed by atoms with Gasteiger partial charge in [0.2, 0.25) is 5.76 Å². The van der Waals surface area contributed by atoms with Crippen LogP contribution in [-0.2, 0) is 6.42 Å². The molecule has 1 amide bonds. The van der Waals surface area contributed by atoms with Crippen LogP contribution in [0.5, 0.6) is 11.5 Å².